The Bertz CT molecular complexity index is 497. The fourth-order valence-corrected chi connectivity index (χ4v) is 2.15. The molecule has 8 heteroatoms. The fraction of sp³-hybridized carbons (Fsp3) is 0.615. The Hall–Kier alpha value is -2.09. The number of hydrogen-bond donors (Lipinski definition) is 2. The van der Waals surface area contributed by atoms with Crippen LogP contribution >= 0.6 is 0 Å². The lowest BCUT2D eigenvalue weighted by atomic mass is 10.2. The van der Waals surface area contributed by atoms with Crippen LogP contribution in [0.25, 0.3) is 0 Å². The Morgan fingerprint density at radius 3 is 3.14 bits per heavy atom. The summed E-state index contributed by atoms with van der Waals surface area (Å²) in [5, 5.41) is 2.63. The SMILES string of the molecule is CCCOc1ncnc(N2CCOCC2C(=O)NC)c1N. The van der Waals surface area contributed by atoms with Crippen molar-refractivity contribution in [2.24, 2.45) is 0 Å². The van der Waals surface area contributed by atoms with Crippen LogP contribution in [0.15, 0.2) is 6.33 Å². The number of aromatic nitrogens is 2. The first-order valence-corrected chi connectivity index (χ1v) is 6.98. The molecule has 21 heavy (non-hydrogen) atoms. The van der Waals surface area contributed by atoms with Crippen molar-refractivity contribution >= 4 is 17.4 Å². The number of carbonyl (C=O) groups excluding carboxylic acids is 1. The van der Waals surface area contributed by atoms with E-state index in [9.17, 15) is 4.79 Å². The van der Waals surface area contributed by atoms with E-state index in [4.69, 9.17) is 15.2 Å². The van der Waals surface area contributed by atoms with E-state index in [1.165, 1.54) is 6.33 Å². The summed E-state index contributed by atoms with van der Waals surface area (Å²) >= 11 is 0. The van der Waals surface area contributed by atoms with Crippen molar-refractivity contribution < 1.29 is 14.3 Å². The number of morpholine rings is 1. The van der Waals surface area contributed by atoms with Gasteiger partial charge in [-0.1, -0.05) is 6.92 Å². The summed E-state index contributed by atoms with van der Waals surface area (Å²) in [6.07, 6.45) is 2.25. The van der Waals surface area contributed by atoms with E-state index in [1.54, 1.807) is 7.05 Å². The van der Waals surface area contributed by atoms with Gasteiger partial charge in [0.2, 0.25) is 11.8 Å². The van der Waals surface area contributed by atoms with E-state index < -0.39 is 6.04 Å². The molecule has 1 aliphatic heterocycles. The van der Waals surface area contributed by atoms with Gasteiger partial charge in [-0.25, -0.2) is 4.98 Å². The second-order valence-electron chi connectivity index (χ2n) is 4.66. The third-order valence-corrected chi connectivity index (χ3v) is 3.22. The maximum atomic E-state index is 12.0. The van der Waals surface area contributed by atoms with Crippen molar-refractivity contribution in [1.29, 1.82) is 0 Å². The lowest BCUT2D eigenvalue weighted by molar-refractivity contribution is -0.124. The first-order chi connectivity index (χ1) is 10.2. The smallest absolute Gasteiger partial charge is 0.244 e. The topological polar surface area (TPSA) is 103 Å². The van der Waals surface area contributed by atoms with Gasteiger partial charge in [-0.2, -0.15) is 4.98 Å². The number of rotatable bonds is 5. The minimum Gasteiger partial charge on any atom is -0.476 e. The van der Waals surface area contributed by atoms with Gasteiger partial charge in [0.05, 0.1) is 19.8 Å². The van der Waals surface area contributed by atoms with Gasteiger partial charge in [-0.05, 0) is 6.42 Å². The Labute approximate surface area is 123 Å². The molecule has 1 aromatic rings. The monoisotopic (exact) mass is 295 g/mol. The van der Waals surface area contributed by atoms with Gasteiger partial charge in [-0.3, -0.25) is 4.79 Å². The molecular weight excluding hydrogens is 274 g/mol. The maximum Gasteiger partial charge on any atom is 0.244 e. The zero-order valence-corrected chi connectivity index (χ0v) is 12.3. The Kier molecular flexibility index (Phi) is 5.15. The predicted molar refractivity (Wildman–Crippen MR) is 78.3 cm³/mol. The summed E-state index contributed by atoms with van der Waals surface area (Å²) in [5.74, 6) is 0.723. The molecule has 1 fully saturated rings. The van der Waals surface area contributed by atoms with E-state index in [1.807, 2.05) is 11.8 Å². The van der Waals surface area contributed by atoms with Crippen LogP contribution in [0.3, 0.4) is 0 Å². The molecule has 1 saturated heterocycles. The summed E-state index contributed by atoms with van der Waals surface area (Å²) in [6, 6.07) is -0.458. The molecule has 2 heterocycles. The van der Waals surface area contributed by atoms with Crippen molar-refractivity contribution in [3.8, 4) is 5.88 Å². The minimum atomic E-state index is -0.458. The van der Waals surface area contributed by atoms with Crippen LogP contribution in [0.5, 0.6) is 5.88 Å². The molecule has 0 radical (unpaired) electrons. The quantitative estimate of drug-likeness (QED) is 0.775. The van der Waals surface area contributed by atoms with E-state index in [0.717, 1.165) is 6.42 Å². The number of nitrogen functional groups attached to an aromatic ring is 1. The minimum absolute atomic E-state index is 0.135. The number of nitrogens with zero attached hydrogens (tertiary/aromatic N) is 3. The van der Waals surface area contributed by atoms with Gasteiger partial charge in [-0.15, -0.1) is 0 Å². The van der Waals surface area contributed by atoms with Crippen molar-refractivity contribution in [2.75, 3.05) is 44.0 Å². The largest absolute Gasteiger partial charge is 0.476 e. The molecule has 1 unspecified atom stereocenters. The number of ether oxygens (including phenoxy) is 2. The third kappa shape index (κ3) is 3.33. The molecule has 1 amide bonds. The molecule has 0 bridgehead atoms. The molecule has 2 rings (SSSR count). The zero-order valence-electron chi connectivity index (χ0n) is 12.3. The Balaban J connectivity index is 2.28. The fourth-order valence-electron chi connectivity index (χ4n) is 2.15. The summed E-state index contributed by atoms with van der Waals surface area (Å²) in [7, 11) is 1.59. The molecule has 8 nitrogen and oxygen atoms in total. The van der Waals surface area contributed by atoms with Crippen molar-refractivity contribution in [2.45, 2.75) is 19.4 Å². The van der Waals surface area contributed by atoms with E-state index >= 15 is 0 Å². The summed E-state index contributed by atoms with van der Waals surface area (Å²) < 4.78 is 10.9. The molecule has 0 spiro atoms. The van der Waals surface area contributed by atoms with Gasteiger partial charge < -0.3 is 25.4 Å². The number of nitrogens with one attached hydrogen (secondary N) is 1. The number of nitrogens with two attached hydrogens (primary N) is 1. The second-order valence-corrected chi connectivity index (χ2v) is 4.66. The van der Waals surface area contributed by atoms with E-state index in [0.29, 0.717) is 43.8 Å². The maximum absolute atomic E-state index is 12.0. The van der Waals surface area contributed by atoms with Crippen LogP contribution in [0, 0.1) is 0 Å². The molecule has 116 valence electrons. The number of anilines is 2. The summed E-state index contributed by atoms with van der Waals surface area (Å²) in [6.45, 7) is 3.88. The summed E-state index contributed by atoms with van der Waals surface area (Å²) in [5.41, 5.74) is 6.44. The number of hydrogen-bond acceptors (Lipinski definition) is 7. The molecule has 3 N–H and O–H groups in total. The molecule has 0 aromatic carbocycles. The third-order valence-electron chi connectivity index (χ3n) is 3.22. The van der Waals surface area contributed by atoms with E-state index in [2.05, 4.69) is 15.3 Å². The highest BCUT2D eigenvalue weighted by atomic mass is 16.5. The van der Waals surface area contributed by atoms with Gasteiger partial charge >= 0.3 is 0 Å². The van der Waals surface area contributed by atoms with Crippen LogP contribution in [0.4, 0.5) is 11.5 Å². The van der Waals surface area contributed by atoms with Gasteiger partial charge in [0.25, 0.3) is 0 Å². The van der Waals surface area contributed by atoms with Crippen molar-refractivity contribution in [3.63, 3.8) is 0 Å². The number of carbonyl (C=O) groups is 1. The molecule has 1 aliphatic rings. The van der Waals surface area contributed by atoms with Gasteiger partial charge in [0.15, 0.2) is 5.82 Å². The predicted octanol–water partition coefficient (Wildman–Crippen LogP) is -0.201. The second kappa shape index (κ2) is 7.07. The van der Waals surface area contributed by atoms with E-state index in [-0.39, 0.29) is 5.91 Å². The molecule has 1 aromatic heterocycles. The summed E-state index contributed by atoms with van der Waals surface area (Å²) in [4.78, 5) is 22.1. The highest BCUT2D eigenvalue weighted by Crippen LogP contribution is 2.30. The molecular formula is C13H21N5O3. The highest BCUT2D eigenvalue weighted by molar-refractivity contribution is 5.86. The zero-order chi connectivity index (χ0) is 15.2. The lowest BCUT2D eigenvalue weighted by Gasteiger charge is -2.35. The number of likely N-dealkylation sites (N-methyl/N-ethyl adjacent to an activating group) is 1. The van der Waals surface area contributed by atoms with Crippen molar-refractivity contribution in [3.05, 3.63) is 6.33 Å². The highest BCUT2D eigenvalue weighted by Gasteiger charge is 2.31. The number of amides is 1. The van der Waals surface area contributed by atoms with Crippen LogP contribution < -0.4 is 20.7 Å². The normalized spacial score (nSPS) is 18.4. The molecule has 0 saturated carbocycles. The Morgan fingerprint density at radius 2 is 2.43 bits per heavy atom. The van der Waals surface area contributed by atoms with Crippen LogP contribution in [-0.4, -0.2) is 55.3 Å². The average molecular weight is 295 g/mol. The van der Waals surface area contributed by atoms with Gasteiger partial charge in [0, 0.05) is 13.6 Å². The molecule has 1 atom stereocenters. The first-order valence-electron chi connectivity index (χ1n) is 6.98. The van der Waals surface area contributed by atoms with Crippen LogP contribution in [-0.2, 0) is 9.53 Å². The van der Waals surface area contributed by atoms with Crippen molar-refractivity contribution in [1.82, 2.24) is 15.3 Å². The standard InChI is InChI=1S/C13H21N5O3/c1-3-5-21-13-10(14)11(16-8-17-13)18-4-6-20-7-9(18)12(19)15-2/h8-9H,3-7,14H2,1-2H3,(H,15,19). The lowest BCUT2D eigenvalue weighted by Crippen LogP contribution is -2.53. The van der Waals surface area contributed by atoms with Crippen LogP contribution in [0.1, 0.15) is 13.3 Å². The van der Waals surface area contributed by atoms with Crippen LogP contribution in [0.2, 0.25) is 0 Å². The molecule has 0 aliphatic carbocycles. The van der Waals surface area contributed by atoms with Gasteiger partial charge in [0.1, 0.15) is 18.1 Å². The average Bonchev–Trinajstić information content (AvgIpc) is 2.53. The Morgan fingerprint density at radius 1 is 1.62 bits per heavy atom. The first kappa shape index (κ1) is 15.3.